The Kier molecular flexibility index (Phi) is 0.942. The monoisotopic (exact) mass is 162 g/mol. The molecule has 2 aliphatic rings. The number of hydrogen-bond donors (Lipinski definition) is 0. The molecule has 0 spiro atoms. The van der Waals surface area contributed by atoms with Crippen molar-refractivity contribution in [2.75, 3.05) is 0 Å². The average Bonchev–Trinajstić information content (AvgIpc) is 2.22. The van der Waals surface area contributed by atoms with E-state index in [1.165, 1.54) is 9.63 Å². The van der Waals surface area contributed by atoms with Gasteiger partial charge in [0.25, 0.3) is 0 Å². The maximum atomic E-state index is 1.59. The molecule has 2 heterocycles. The van der Waals surface area contributed by atoms with Gasteiger partial charge in [-0.25, -0.2) is 0 Å². The van der Waals surface area contributed by atoms with Gasteiger partial charge in [0.05, 0.1) is 0 Å². The maximum absolute atomic E-state index is 1.59. The van der Waals surface area contributed by atoms with E-state index in [1.807, 2.05) is 0 Å². The zero-order valence-corrected chi connectivity index (χ0v) is 6.10. The van der Waals surface area contributed by atoms with E-state index in [2.05, 4.69) is 0 Å². The summed E-state index contributed by atoms with van der Waals surface area (Å²) >= 11 is 1.10. The number of rotatable bonds is 0. The van der Waals surface area contributed by atoms with Crippen LogP contribution in [0.3, 0.4) is 0 Å². The first kappa shape index (κ1) is 4.40. The molecule has 0 aromatic rings. The first-order chi connectivity index (χ1) is 3.45. The summed E-state index contributed by atoms with van der Waals surface area (Å²) < 4.78 is 0. The van der Waals surface area contributed by atoms with Crippen LogP contribution in [0.1, 0.15) is 25.7 Å². The van der Waals surface area contributed by atoms with E-state index in [4.69, 9.17) is 0 Å². The molecule has 0 nitrogen and oxygen atoms in total. The molecule has 0 unspecified atom stereocenters. The Morgan fingerprint density at radius 1 is 0.857 bits per heavy atom. The van der Waals surface area contributed by atoms with Crippen LogP contribution in [0.2, 0.25) is 9.63 Å². The zero-order valence-electron chi connectivity index (χ0n) is 4.39. The summed E-state index contributed by atoms with van der Waals surface area (Å²) in [4.78, 5) is 2.47. The number of hydrogen-bond acceptors (Lipinski definition) is 0. The van der Waals surface area contributed by atoms with Crippen molar-refractivity contribution in [3.05, 3.63) is 0 Å². The van der Waals surface area contributed by atoms with Crippen LogP contribution < -0.4 is 0 Å². The minimum atomic E-state index is 1.10. The van der Waals surface area contributed by atoms with Gasteiger partial charge >= 0.3 is 50.3 Å². The predicted molar refractivity (Wildman–Crippen MR) is 31.7 cm³/mol. The summed E-state index contributed by atoms with van der Waals surface area (Å²) in [5.74, 6) is 0. The van der Waals surface area contributed by atoms with Crippen LogP contribution in [-0.4, -0.2) is 15.0 Å². The van der Waals surface area contributed by atoms with Gasteiger partial charge in [-0.3, -0.25) is 0 Å². The molecule has 40 valence electrons. The molecule has 1 heteroatoms. The van der Waals surface area contributed by atoms with E-state index < -0.39 is 0 Å². The Bertz CT molecular complexity index is 62.2. The molecule has 0 radical (unpaired) electrons. The molecule has 2 bridgehead atoms. The van der Waals surface area contributed by atoms with Gasteiger partial charge in [0, 0.05) is 0 Å². The summed E-state index contributed by atoms with van der Waals surface area (Å²) in [6.45, 7) is 0. The van der Waals surface area contributed by atoms with Crippen molar-refractivity contribution in [2.45, 2.75) is 35.3 Å². The standard InChI is InChI=1S/C6H10Se/c1-2-6-4-3-5(1)7-6/h5-6H,1-4H2. The molecule has 0 atom stereocenters. The summed E-state index contributed by atoms with van der Waals surface area (Å²) in [5, 5.41) is 0. The van der Waals surface area contributed by atoms with Gasteiger partial charge < -0.3 is 0 Å². The van der Waals surface area contributed by atoms with Gasteiger partial charge in [-0.2, -0.15) is 0 Å². The van der Waals surface area contributed by atoms with E-state index in [-0.39, 0.29) is 0 Å². The molecule has 2 aliphatic heterocycles. The van der Waals surface area contributed by atoms with Crippen molar-refractivity contribution in [3.63, 3.8) is 0 Å². The van der Waals surface area contributed by atoms with Crippen molar-refractivity contribution < 1.29 is 0 Å². The fourth-order valence-electron chi connectivity index (χ4n) is 1.58. The van der Waals surface area contributed by atoms with Crippen molar-refractivity contribution in [3.8, 4) is 0 Å². The van der Waals surface area contributed by atoms with Gasteiger partial charge in [-0.1, -0.05) is 0 Å². The van der Waals surface area contributed by atoms with Gasteiger partial charge in [-0.05, 0) is 0 Å². The van der Waals surface area contributed by atoms with Gasteiger partial charge in [0.15, 0.2) is 0 Å². The molecular weight excluding hydrogens is 151 g/mol. The SMILES string of the molecule is C1CC2CCC1[Se]2. The van der Waals surface area contributed by atoms with Crippen LogP contribution in [0.15, 0.2) is 0 Å². The van der Waals surface area contributed by atoms with Gasteiger partial charge in [0.1, 0.15) is 0 Å². The molecule has 0 aliphatic carbocycles. The van der Waals surface area contributed by atoms with E-state index in [0.717, 1.165) is 15.0 Å². The average molecular weight is 161 g/mol. The quantitative estimate of drug-likeness (QED) is 0.475. The minimum absolute atomic E-state index is 1.10. The van der Waals surface area contributed by atoms with Crippen LogP contribution >= 0.6 is 0 Å². The molecule has 0 saturated carbocycles. The second-order valence-corrected chi connectivity index (χ2v) is 5.90. The second-order valence-electron chi connectivity index (χ2n) is 2.53. The molecular formula is C6H10Se. The third-order valence-corrected chi connectivity index (χ3v) is 5.60. The Labute approximate surface area is 50.8 Å². The van der Waals surface area contributed by atoms with Crippen molar-refractivity contribution in [1.29, 1.82) is 0 Å². The number of fused-ring (bicyclic) bond motifs is 2. The Morgan fingerprint density at radius 3 is 1.43 bits per heavy atom. The van der Waals surface area contributed by atoms with Crippen LogP contribution in [-0.2, 0) is 0 Å². The van der Waals surface area contributed by atoms with E-state index in [1.54, 1.807) is 25.7 Å². The predicted octanol–water partition coefficient (Wildman–Crippen LogP) is 1.86. The summed E-state index contributed by atoms with van der Waals surface area (Å²) in [7, 11) is 0. The third kappa shape index (κ3) is 0.632. The van der Waals surface area contributed by atoms with Crippen molar-refractivity contribution in [1.82, 2.24) is 0 Å². The van der Waals surface area contributed by atoms with Crippen LogP contribution in [0.5, 0.6) is 0 Å². The first-order valence-electron chi connectivity index (χ1n) is 3.10. The molecule has 2 fully saturated rings. The van der Waals surface area contributed by atoms with Crippen molar-refractivity contribution in [2.24, 2.45) is 0 Å². The van der Waals surface area contributed by atoms with Gasteiger partial charge in [-0.15, -0.1) is 0 Å². The molecule has 7 heavy (non-hydrogen) atoms. The molecule has 2 saturated heterocycles. The van der Waals surface area contributed by atoms with Crippen molar-refractivity contribution >= 4 is 15.0 Å². The molecule has 0 aromatic heterocycles. The van der Waals surface area contributed by atoms with E-state index in [0.29, 0.717) is 0 Å². The second kappa shape index (κ2) is 1.50. The van der Waals surface area contributed by atoms with Crippen LogP contribution in [0, 0.1) is 0 Å². The molecule has 0 aromatic carbocycles. The van der Waals surface area contributed by atoms with Gasteiger partial charge in [0.2, 0.25) is 0 Å². The van der Waals surface area contributed by atoms with E-state index >= 15 is 0 Å². The Hall–Kier alpha value is 0.519. The normalized spacial score (nSPS) is 48.0. The molecule has 0 amide bonds. The topological polar surface area (TPSA) is 0 Å². The fourth-order valence-corrected chi connectivity index (χ4v) is 5.00. The molecule has 2 rings (SSSR count). The Balaban J connectivity index is 2.12. The van der Waals surface area contributed by atoms with Crippen LogP contribution in [0.4, 0.5) is 0 Å². The first-order valence-corrected chi connectivity index (χ1v) is 5.08. The Morgan fingerprint density at radius 2 is 1.29 bits per heavy atom. The summed E-state index contributed by atoms with van der Waals surface area (Å²) in [6.07, 6.45) is 6.35. The van der Waals surface area contributed by atoms with E-state index in [9.17, 15) is 0 Å². The zero-order chi connectivity index (χ0) is 4.69. The fraction of sp³-hybridized carbons (Fsp3) is 1.00. The third-order valence-electron chi connectivity index (χ3n) is 2.01. The summed E-state index contributed by atoms with van der Waals surface area (Å²) in [5.41, 5.74) is 0. The molecule has 0 N–H and O–H groups in total. The van der Waals surface area contributed by atoms with Crippen LogP contribution in [0.25, 0.3) is 0 Å². The summed E-state index contributed by atoms with van der Waals surface area (Å²) in [6, 6.07) is 0.